The van der Waals surface area contributed by atoms with Crippen molar-refractivity contribution in [3.05, 3.63) is 70.8 Å². The Hall–Kier alpha value is -1.74. The average molecular weight is 233 g/mol. The molecule has 1 nitrogen and oxygen atoms in total. The molecule has 2 N–H and O–H groups in total. The summed E-state index contributed by atoms with van der Waals surface area (Å²) < 4.78 is 27.2. The van der Waals surface area contributed by atoms with Crippen LogP contribution in [0.15, 0.2) is 42.5 Å². The maximum atomic E-state index is 13.6. The third-order valence-electron chi connectivity index (χ3n) is 2.83. The largest absolute Gasteiger partial charge is 0.320 e. The van der Waals surface area contributed by atoms with Gasteiger partial charge in [-0.15, -0.1) is 0 Å². The highest BCUT2D eigenvalue weighted by molar-refractivity contribution is 5.37. The first-order chi connectivity index (χ1) is 8.11. The summed E-state index contributed by atoms with van der Waals surface area (Å²) in [6.45, 7) is 1.87. The zero-order valence-electron chi connectivity index (χ0n) is 9.45. The molecule has 17 heavy (non-hydrogen) atoms. The van der Waals surface area contributed by atoms with Crippen molar-refractivity contribution in [2.45, 2.75) is 13.0 Å². The lowest BCUT2D eigenvalue weighted by atomic mass is 9.95. The van der Waals surface area contributed by atoms with Crippen LogP contribution in [0, 0.1) is 18.6 Å². The molecule has 0 aliphatic heterocycles. The standard InChI is InChI=1S/C14H13F2N/c1-9-5-2-3-6-10(9)14(17)13-11(15)7-4-8-12(13)16/h2-8,14H,17H2,1H3. The zero-order valence-corrected chi connectivity index (χ0v) is 9.45. The Balaban J connectivity index is 2.51. The van der Waals surface area contributed by atoms with E-state index in [2.05, 4.69) is 0 Å². The fraction of sp³-hybridized carbons (Fsp3) is 0.143. The number of nitrogens with two attached hydrogens (primary N) is 1. The Kier molecular flexibility index (Phi) is 3.20. The molecule has 0 aliphatic rings. The van der Waals surface area contributed by atoms with Crippen LogP contribution in [-0.4, -0.2) is 0 Å². The first-order valence-corrected chi connectivity index (χ1v) is 5.36. The molecule has 0 heterocycles. The van der Waals surface area contributed by atoms with Gasteiger partial charge >= 0.3 is 0 Å². The molecular formula is C14H13F2N. The Morgan fingerprint density at radius 3 is 2.12 bits per heavy atom. The molecular weight excluding hydrogens is 220 g/mol. The molecule has 0 bridgehead atoms. The van der Waals surface area contributed by atoms with Gasteiger partial charge < -0.3 is 5.73 Å². The van der Waals surface area contributed by atoms with Crippen molar-refractivity contribution >= 4 is 0 Å². The van der Waals surface area contributed by atoms with E-state index in [1.165, 1.54) is 18.2 Å². The van der Waals surface area contributed by atoms with Gasteiger partial charge in [-0.3, -0.25) is 0 Å². The molecule has 0 fully saturated rings. The molecule has 0 radical (unpaired) electrons. The smallest absolute Gasteiger partial charge is 0.131 e. The number of aryl methyl sites for hydroxylation is 1. The Labute approximate surface area is 98.9 Å². The zero-order chi connectivity index (χ0) is 12.4. The maximum Gasteiger partial charge on any atom is 0.131 e. The molecule has 0 aromatic heterocycles. The monoisotopic (exact) mass is 233 g/mol. The molecule has 2 rings (SSSR count). The lowest BCUT2D eigenvalue weighted by Gasteiger charge is -2.16. The second kappa shape index (κ2) is 4.63. The predicted molar refractivity (Wildman–Crippen MR) is 63.6 cm³/mol. The van der Waals surface area contributed by atoms with Gasteiger partial charge in [0.25, 0.3) is 0 Å². The highest BCUT2D eigenvalue weighted by Crippen LogP contribution is 2.26. The van der Waals surface area contributed by atoms with Gasteiger partial charge in [-0.25, -0.2) is 8.78 Å². The van der Waals surface area contributed by atoms with Gasteiger partial charge in [0.05, 0.1) is 6.04 Å². The van der Waals surface area contributed by atoms with Crippen LogP contribution in [0.2, 0.25) is 0 Å². The minimum atomic E-state index is -0.780. The summed E-state index contributed by atoms with van der Waals surface area (Å²) in [4.78, 5) is 0. The van der Waals surface area contributed by atoms with Crippen LogP contribution in [0.3, 0.4) is 0 Å². The molecule has 3 heteroatoms. The second-order valence-corrected chi connectivity index (χ2v) is 3.97. The van der Waals surface area contributed by atoms with E-state index in [9.17, 15) is 8.78 Å². The van der Waals surface area contributed by atoms with E-state index >= 15 is 0 Å². The number of hydrogen-bond acceptors (Lipinski definition) is 1. The first kappa shape index (κ1) is 11.7. The third kappa shape index (κ3) is 2.19. The summed E-state index contributed by atoms with van der Waals surface area (Å²) in [5.74, 6) is -1.22. The van der Waals surface area contributed by atoms with Crippen molar-refractivity contribution in [2.75, 3.05) is 0 Å². The van der Waals surface area contributed by atoms with E-state index in [-0.39, 0.29) is 5.56 Å². The molecule has 0 saturated carbocycles. The number of benzene rings is 2. The SMILES string of the molecule is Cc1ccccc1C(N)c1c(F)cccc1F. The lowest BCUT2D eigenvalue weighted by Crippen LogP contribution is -2.16. The Morgan fingerprint density at radius 2 is 1.53 bits per heavy atom. The van der Waals surface area contributed by atoms with Crippen molar-refractivity contribution in [2.24, 2.45) is 5.73 Å². The fourth-order valence-corrected chi connectivity index (χ4v) is 1.90. The van der Waals surface area contributed by atoms with Crippen LogP contribution < -0.4 is 5.73 Å². The van der Waals surface area contributed by atoms with Gasteiger partial charge in [0.15, 0.2) is 0 Å². The number of halogens is 2. The first-order valence-electron chi connectivity index (χ1n) is 5.36. The van der Waals surface area contributed by atoms with E-state index in [0.717, 1.165) is 11.1 Å². The van der Waals surface area contributed by atoms with Crippen LogP contribution >= 0.6 is 0 Å². The highest BCUT2D eigenvalue weighted by Gasteiger charge is 2.19. The fourth-order valence-electron chi connectivity index (χ4n) is 1.90. The summed E-state index contributed by atoms with van der Waals surface area (Å²) >= 11 is 0. The molecule has 2 aromatic carbocycles. The van der Waals surface area contributed by atoms with Crippen LogP contribution in [0.25, 0.3) is 0 Å². The predicted octanol–water partition coefficient (Wildman–Crippen LogP) is 3.32. The van der Waals surface area contributed by atoms with E-state index in [1.807, 2.05) is 19.1 Å². The molecule has 0 spiro atoms. The van der Waals surface area contributed by atoms with Crippen molar-refractivity contribution in [1.29, 1.82) is 0 Å². The number of rotatable bonds is 2. The summed E-state index contributed by atoms with van der Waals surface area (Å²) in [7, 11) is 0. The number of hydrogen-bond donors (Lipinski definition) is 1. The van der Waals surface area contributed by atoms with Crippen molar-refractivity contribution in [3.8, 4) is 0 Å². The summed E-state index contributed by atoms with van der Waals surface area (Å²) in [6, 6.07) is 10.3. The van der Waals surface area contributed by atoms with Gasteiger partial charge in [0.1, 0.15) is 11.6 Å². The summed E-state index contributed by atoms with van der Waals surface area (Å²) in [5.41, 5.74) is 7.51. The van der Waals surface area contributed by atoms with Crippen LogP contribution in [0.1, 0.15) is 22.7 Å². The van der Waals surface area contributed by atoms with E-state index < -0.39 is 17.7 Å². The van der Waals surface area contributed by atoms with Crippen LogP contribution in [0.4, 0.5) is 8.78 Å². The van der Waals surface area contributed by atoms with E-state index in [0.29, 0.717) is 0 Å². The minimum Gasteiger partial charge on any atom is -0.320 e. The second-order valence-electron chi connectivity index (χ2n) is 3.97. The van der Waals surface area contributed by atoms with Gasteiger partial charge in [0, 0.05) is 5.56 Å². The quantitative estimate of drug-likeness (QED) is 0.846. The molecule has 88 valence electrons. The highest BCUT2D eigenvalue weighted by atomic mass is 19.1. The van der Waals surface area contributed by atoms with Crippen molar-refractivity contribution < 1.29 is 8.78 Å². The topological polar surface area (TPSA) is 26.0 Å². The minimum absolute atomic E-state index is 0.0817. The normalized spacial score (nSPS) is 12.5. The molecule has 2 aromatic rings. The molecule has 0 amide bonds. The molecule has 0 aliphatic carbocycles. The third-order valence-corrected chi connectivity index (χ3v) is 2.83. The Morgan fingerprint density at radius 1 is 0.941 bits per heavy atom. The Bertz CT molecular complexity index is 517. The van der Waals surface area contributed by atoms with Gasteiger partial charge in [-0.05, 0) is 30.2 Å². The average Bonchev–Trinajstić information content (AvgIpc) is 2.29. The van der Waals surface area contributed by atoms with Gasteiger partial charge in [0.2, 0.25) is 0 Å². The lowest BCUT2D eigenvalue weighted by molar-refractivity contribution is 0.543. The molecule has 1 atom stereocenters. The van der Waals surface area contributed by atoms with Gasteiger partial charge in [-0.2, -0.15) is 0 Å². The van der Waals surface area contributed by atoms with Crippen LogP contribution in [-0.2, 0) is 0 Å². The van der Waals surface area contributed by atoms with Crippen molar-refractivity contribution in [1.82, 2.24) is 0 Å². The maximum absolute atomic E-state index is 13.6. The summed E-state index contributed by atoms with van der Waals surface area (Å²) in [5, 5.41) is 0. The van der Waals surface area contributed by atoms with Crippen molar-refractivity contribution in [3.63, 3.8) is 0 Å². The molecule has 0 saturated heterocycles. The summed E-state index contributed by atoms with van der Waals surface area (Å²) in [6.07, 6.45) is 0. The van der Waals surface area contributed by atoms with E-state index in [1.54, 1.807) is 12.1 Å². The van der Waals surface area contributed by atoms with Crippen LogP contribution in [0.5, 0.6) is 0 Å². The molecule has 1 unspecified atom stereocenters. The van der Waals surface area contributed by atoms with E-state index in [4.69, 9.17) is 5.73 Å². The van der Waals surface area contributed by atoms with Gasteiger partial charge in [-0.1, -0.05) is 30.3 Å².